The van der Waals surface area contributed by atoms with Gasteiger partial charge in [-0.25, -0.2) is 9.18 Å². The lowest BCUT2D eigenvalue weighted by Crippen LogP contribution is -2.28. The van der Waals surface area contributed by atoms with Crippen LogP contribution in [0, 0.1) is 26.6 Å². The van der Waals surface area contributed by atoms with E-state index in [2.05, 4.69) is 0 Å². The summed E-state index contributed by atoms with van der Waals surface area (Å²) >= 11 is 0. The minimum Gasteiger partial charge on any atom is -0.479 e. The molecule has 1 N–H and O–H groups in total. The van der Waals surface area contributed by atoms with Gasteiger partial charge in [0.1, 0.15) is 5.82 Å². The minimum atomic E-state index is -1.17. The van der Waals surface area contributed by atoms with Crippen molar-refractivity contribution in [3.05, 3.63) is 93.3 Å². The molecule has 0 saturated heterocycles. The summed E-state index contributed by atoms with van der Waals surface area (Å²) in [4.78, 5) is 27.5. The number of rotatable bonds is 6. The zero-order valence-electron chi connectivity index (χ0n) is 22.3. The number of nitrogens with zero attached hydrogens (tertiary/aromatic N) is 1. The molecule has 194 valence electrons. The van der Waals surface area contributed by atoms with Gasteiger partial charge >= 0.3 is 5.97 Å². The second kappa shape index (κ2) is 10.1. The third-order valence-corrected chi connectivity index (χ3v) is 6.91. The zero-order valence-corrected chi connectivity index (χ0v) is 22.3. The van der Waals surface area contributed by atoms with Crippen LogP contribution in [0.2, 0.25) is 0 Å². The van der Waals surface area contributed by atoms with Crippen LogP contribution in [0.25, 0.3) is 11.1 Å². The fourth-order valence-corrected chi connectivity index (χ4v) is 5.14. The number of aliphatic carboxylic acids is 1. The van der Waals surface area contributed by atoms with Crippen LogP contribution in [0.3, 0.4) is 0 Å². The summed E-state index contributed by atoms with van der Waals surface area (Å²) in [6.45, 7) is 12.3. The number of halogens is 1. The van der Waals surface area contributed by atoms with Crippen molar-refractivity contribution in [3.8, 4) is 11.1 Å². The number of benzene rings is 3. The maximum absolute atomic E-state index is 13.7. The highest BCUT2D eigenvalue weighted by Crippen LogP contribution is 2.43. The Kier molecular flexibility index (Phi) is 7.24. The number of ether oxygens (including phenoxy) is 1. The van der Waals surface area contributed by atoms with E-state index in [4.69, 9.17) is 4.74 Å². The van der Waals surface area contributed by atoms with Crippen LogP contribution in [0.4, 0.5) is 4.39 Å². The molecule has 0 spiro atoms. The molecule has 1 amide bonds. The van der Waals surface area contributed by atoms with E-state index < -0.39 is 17.7 Å². The number of carbonyl (C=O) groups is 2. The summed E-state index contributed by atoms with van der Waals surface area (Å²) in [5, 5.41) is 10.3. The number of carboxylic acids is 1. The first-order valence-electron chi connectivity index (χ1n) is 12.5. The number of fused-ring (bicyclic) bond motifs is 1. The Bertz CT molecular complexity index is 1360. The van der Waals surface area contributed by atoms with Crippen molar-refractivity contribution in [2.75, 3.05) is 0 Å². The third kappa shape index (κ3) is 5.59. The molecule has 1 unspecified atom stereocenters. The van der Waals surface area contributed by atoms with E-state index in [0.29, 0.717) is 24.2 Å². The van der Waals surface area contributed by atoms with Gasteiger partial charge in [-0.15, -0.1) is 0 Å². The van der Waals surface area contributed by atoms with Gasteiger partial charge in [-0.1, -0.05) is 42.0 Å². The van der Waals surface area contributed by atoms with Crippen LogP contribution in [0.1, 0.15) is 65.8 Å². The van der Waals surface area contributed by atoms with E-state index >= 15 is 0 Å². The van der Waals surface area contributed by atoms with E-state index in [-0.39, 0.29) is 18.1 Å². The average Bonchev–Trinajstić information content (AvgIpc) is 3.27. The second-order valence-electron chi connectivity index (χ2n) is 10.9. The quantitative estimate of drug-likeness (QED) is 0.420. The predicted molar refractivity (Wildman–Crippen MR) is 142 cm³/mol. The fourth-order valence-electron chi connectivity index (χ4n) is 5.14. The van der Waals surface area contributed by atoms with Gasteiger partial charge in [0.25, 0.3) is 0 Å². The molecule has 6 heteroatoms. The van der Waals surface area contributed by atoms with Gasteiger partial charge in [0.05, 0.1) is 12.0 Å². The van der Waals surface area contributed by atoms with Crippen LogP contribution < -0.4 is 0 Å². The Morgan fingerprint density at radius 1 is 1.00 bits per heavy atom. The highest BCUT2D eigenvalue weighted by molar-refractivity contribution is 5.85. The zero-order chi connectivity index (χ0) is 27.1. The van der Waals surface area contributed by atoms with Crippen LogP contribution in [-0.2, 0) is 33.8 Å². The molecule has 1 heterocycles. The fraction of sp³-hybridized carbons (Fsp3) is 0.355. The van der Waals surface area contributed by atoms with Crippen molar-refractivity contribution < 1.29 is 23.8 Å². The molecule has 3 aromatic carbocycles. The predicted octanol–water partition coefficient (Wildman–Crippen LogP) is 6.44. The largest absolute Gasteiger partial charge is 0.479 e. The number of carboxylic acid groups (broad SMARTS) is 1. The third-order valence-electron chi connectivity index (χ3n) is 6.91. The molecule has 1 aliphatic heterocycles. The van der Waals surface area contributed by atoms with Gasteiger partial charge in [0.2, 0.25) is 5.91 Å². The second-order valence-corrected chi connectivity index (χ2v) is 10.9. The van der Waals surface area contributed by atoms with Gasteiger partial charge in [0, 0.05) is 18.7 Å². The summed E-state index contributed by atoms with van der Waals surface area (Å²) in [7, 11) is 0. The molecular formula is C31H34FNO4. The van der Waals surface area contributed by atoms with E-state index in [0.717, 1.165) is 38.9 Å². The standard InChI is InChI=1S/C31H34FNO4/c1-18-10-12-22(13-11-18)27-19(2)24-16-33(26(34)15-21-8-7-9-23(32)14-21)17-25(24)20(3)28(27)29(30(35)36)37-31(4,5)6/h7-14,29H,15-17H2,1-6H3,(H,35,36). The van der Waals surface area contributed by atoms with Gasteiger partial charge in [-0.05, 0) is 92.6 Å². The normalized spacial score (nSPS) is 14.0. The first-order chi connectivity index (χ1) is 17.4. The molecule has 0 saturated carbocycles. The Morgan fingerprint density at radius 2 is 1.62 bits per heavy atom. The van der Waals surface area contributed by atoms with Crippen molar-refractivity contribution in [2.45, 2.75) is 72.8 Å². The minimum absolute atomic E-state index is 0.0974. The highest BCUT2D eigenvalue weighted by Gasteiger charge is 2.36. The SMILES string of the molecule is Cc1ccc(-c2c(C)c3c(c(C)c2C(OC(C)(C)C)C(=O)O)CN(C(=O)Cc2cccc(F)c2)C3)cc1. The summed E-state index contributed by atoms with van der Waals surface area (Å²) in [6, 6.07) is 14.1. The van der Waals surface area contributed by atoms with Gasteiger partial charge in [-0.3, -0.25) is 4.79 Å². The van der Waals surface area contributed by atoms with Crippen LogP contribution in [-0.4, -0.2) is 27.5 Å². The van der Waals surface area contributed by atoms with Crippen LogP contribution >= 0.6 is 0 Å². The van der Waals surface area contributed by atoms with E-state index in [1.807, 2.05) is 65.8 Å². The van der Waals surface area contributed by atoms with E-state index in [9.17, 15) is 19.1 Å². The molecule has 0 aromatic heterocycles. The van der Waals surface area contributed by atoms with Crippen LogP contribution in [0.15, 0.2) is 48.5 Å². The van der Waals surface area contributed by atoms with E-state index in [1.54, 1.807) is 17.0 Å². The molecule has 0 bridgehead atoms. The van der Waals surface area contributed by atoms with Gasteiger partial charge < -0.3 is 14.7 Å². The monoisotopic (exact) mass is 503 g/mol. The number of aryl methyl sites for hydroxylation is 1. The molecule has 1 aliphatic rings. The number of hydrogen-bond donors (Lipinski definition) is 1. The van der Waals surface area contributed by atoms with Crippen molar-refractivity contribution >= 4 is 11.9 Å². The van der Waals surface area contributed by atoms with E-state index in [1.165, 1.54) is 12.1 Å². The van der Waals surface area contributed by atoms with Gasteiger partial charge in [0.15, 0.2) is 6.10 Å². The van der Waals surface area contributed by atoms with Crippen molar-refractivity contribution in [3.63, 3.8) is 0 Å². The lowest BCUT2D eigenvalue weighted by molar-refractivity contribution is -0.160. The Labute approximate surface area is 217 Å². The summed E-state index contributed by atoms with van der Waals surface area (Å²) < 4.78 is 19.8. The molecule has 0 aliphatic carbocycles. The van der Waals surface area contributed by atoms with Crippen molar-refractivity contribution in [1.29, 1.82) is 0 Å². The molecule has 0 radical (unpaired) electrons. The highest BCUT2D eigenvalue weighted by atomic mass is 19.1. The molecule has 5 nitrogen and oxygen atoms in total. The molecule has 1 atom stereocenters. The average molecular weight is 504 g/mol. The number of carbonyl (C=O) groups excluding carboxylic acids is 1. The first kappa shape index (κ1) is 26.6. The van der Waals surface area contributed by atoms with Crippen molar-refractivity contribution in [2.24, 2.45) is 0 Å². The topological polar surface area (TPSA) is 66.8 Å². The number of amides is 1. The lowest BCUT2D eigenvalue weighted by Gasteiger charge is -2.29. The lowest BCUT2D eigenvalue weighted by atomic mass is 9.83. The summed E-state index contributed by atoms with van der Waals surface area (Å²) in [5.41, 5.74) is 7.20. The maximum atomic E-state index is 13.7. The van der Waals surface area contributed by atoms with Gasteiger partial charge in [-0.2, -0.15) is 0 Å². The molecule has 0 fully saturated rings. The summed E-state index contributed by atoms with van der Waals surface area (Å²) in [5.74, 6) is -1.52. The molecule has 4 rings (SSSR count). The Hall–Kier alpha value is -3.51. The van der Waals surface area contributed by atoms with Crippen molar-refractivity contribution in [1.82, 2.24) is 4.90 Å². The summed E-state index contributed by atoms with van der Waals surface area (Å²) in [6.07, 6.45) is -1.07. The molecule has 37 heavy (non-hydrogen) atoms. The Morgan fingerprint density at radius 3 is 2.19 bits per heavy atom. The Balaban J connectivity index is 1.82. The molecule has 3 aromatic rings. The smallest absolute Gasteiger partial charge is 0.337 e. The first-order valence-corrected chi connectivity index (χ1v) is 12.5. The molecular weight excluding hydrogens is 469 g/mol. The van der Waals surface area contributed by atoms with Crippen LogP contribution in [0.5, 0.6) is 0 Å². The maximum Gasteiger partial charge on any atom is 0.337 e. The number of hydrogen-bond acceptors (Lipinski definition) is 3.